The fourth-order valence-corrected chi connectivity index (χ4v) is 1.53. The van der Waals surface area contributed by atoms with Gasteiger partial charge in [0.25, 0.3) is 0 Å². The number of hydrogen-bond acceptors (Lipinski definition) is 5. The number of hydrogen-bond donors (Lipinski definition) is 1. The number of rotatable bonds is 7. The Morgan fingerprint density at radius 2 is 2.29 bits per heavy atom. The summed E-state index contributed by atoms with van der Waals surface area (Å²) in [7, 11) is 0. The third-order valence-corrected chi connectivity index (χ3v) is 2.44. The van der Waals surface area contributed by atoms with Crippen LogP contribution in [0.15, 0.2) is 4.52 Å². The number of aromatic nitrogens is 2. The fraction of sp³-hybridized carbons (Fsp3) is 0.727. The molecule has 1 aromatic rings. The Morgan fingerprint density at radius 1 is 1.53 bits per heavy atom. The summed E-state index contributed by atoms with van der Waals surface area (Å²) < 4.78 is 4.94. The first-order valence-corrected chi connectivity index (χ1v) is 5.85. The minimum atomic E-state index is 0.0526. The summed E-state index contributed by atoms with van der Waals surface area (Å²) in [6.45, 7) is 5.02. The Hall–Kier alpha value is -1.43. The standard InChI is InChI=1S/C11H19N3O3/c1-3-14(7-4-8-15)11(16)6-5-10-12-9(2)13-17-10/h15H,3-8H2,1-2H3. The molecule has 96 valence electrons. The summed E-state index contributed by atoms with van der Waals surface area (Å²) in [5.74, 6) is 1.13. The molecule has 0 atom stereocenters. The molecule has 1 aromatic heterocycles. The normalized spacial score (nSPS) is 10.5. The van der Waals surface area contributed by atoms with E-state index in [1.807, 2.05) is 6.92 Å². The largest absolute Gasteiger partial charge is 0.396 e. The highest BCUT2D eigenvalue weighted by atomic mass is 16.5. The van der Waals surface area contributed by atoms with Gasteiger partial charge in [-0.3, -0.25) is 4.79 Å². The topological polar surface area (TPSA) is 79.5 Å². The molecule has 0 aliphatic rings. The molecule has 0 aromatic carbocycles. The summed E-state index contributed by atoms with van der Waals surface area (Å²) in [4.78, 5) is 17.6. The third kappa shape index (κ3) is 4.52. The molecule has 1 N–H and O–H groups in total. The monoisotopic (exact) mass is 241 g/mol. The van der Waals surface area contributed by atoms with E-state index in [-0.39, 0.29) is 12.5 Å². The highest BCUT2D eigenvalue weighted by molar-refractivity contribution is 5.76. The van der Waals surface area contributed by atoms with Crippen molar-refractivity contribution in [3.8, 4) is 0 Å². The van der Waals surface area contributed by atoms with Crippen LogP contribution < -0.4 is 0 Å². The number of aliphatic hydroxyl groups excluding tert-OH is 1. The van der Waals surface area contributed by atoms with Crippen molar-refractivity contribution in [2.75, 3.05) is 19.7 Å². The second-order valence-electron chi connectivity index (χ2n) is 3.79. The molecule has 0 spiro atoms. The Balaban J connectivity index is 2.36. The van der Waals surface area contributed by atoms with Crippen molar-refractivity contribution in [1.29, 1.82) is 0 Å². The Bertz CT molecular complexity index is 351. The second-order valence-corrected chi connectivity index (χ2v) is 3.79. The summed E-state index contributed by atoms with van der Waals surface area (Å²) in [6.07, 6.45) is 1.44. The molecule has 0 saturated carbocycles. The van der Waals surface area contributed by atoms with Gasteiger partial charge in [0.15, 0.2) is 5.82 Å². The summed E-state index contributed by atoms with van der Waals surface area (Å²) >= 11 is 0. The molecule has 1 amide bonds. The molecule has 0 aliphatic carbocycles. The summed E-state index contributed by atoms with van der Waals surface area (Å²) in [5.41, 5.74) is 0. The van der Waals surface area contributed by atoms with Gasteiger partial charge < -0.3 is 14.5 Å². The molecule has 0 radical (unpaired) electrons. The first-order valence-electron chi connectivity index (χ1n) is 5.85. The average molecular weight is 241 g/mol. The molecule has 1 rings (SSSR count). The van der Waals surface area contributed by atoms with Gasteiger partial charge in [0, 0.05) is 32.5 Å². The summed E-state index contributed by atoms with van der Waals surface area (Å²) in [5, 5.41) is 12.4. The van der Waals surface area contributed by atoms with Crippen molar-refractivity contribution in [3.63, 3.8) is 0 Å². The van der Waals surface area contributed by atoms with Crippen molar-refractivity contribution >= 4 is 5.91 Å². The van der Waals surface area contributed by atoms with E-state index in [1.54, 1.807) is 11.8 Å². The van der Waals surface area contributed by atoms with Crippen LogP contribution in [0.5, 0.6) is 0 Å². The number of aryl methyl sites for hydroxylation is 2. The van der Waals surface area contributed by atoms with Gasteiger partial charge in [0.05, 0.1) is 0 Å². The maximum absolute atomic E-state index is 11.8. The minimum Gasteiger partial charge on any atom is -0.396 e. The molecular weight excluding hydrogens is 222 g/mol. The Kier molecular flexibility index (Phi) is 5.62. The Labute approximate surface area is 101 Å². The molecule has 0 fully saturated rings. The van der Waals surface area contributed by atoms with Crippen molar-refractivity contribution in [2.45, 2.75) is 33.1 Å². The van der Waals surface area contributed by atoms with Crippen molar-refractivity contribution in [2.24, 2.45) is 0 Å². The highest BCUT2D eigenvalue weighted by Gasteiger charge is 2.13. The van der Waals surface area contributed by atoms with E-state index in [2.05, 4.69) is 10.1 Å². The highest BCUT2D eigenvalue weighted by Crippen LogP contribution is 2.03. The molecule has 0 aliphatic heterocycles. The Morgan fingerprint density at radius 3 is 2.82 bits per heavy atom. The molecule has 0 unspecified atom stereocenters. The van der Waals surface area contributed by atoms with Gasteiger partial charge in [-0.1, -0.05) is 5.16 Å². The average Bonchev–Trinajstić information content (AvgIpc) is 2.73. The number of nitrogens with zero attached hydrogens (tertiary/aromatic N) is 3. The molecular formula is C11H19N3O3. The first-order chi connectivity index (χ1) is 8.17. The number of amides is 1. The van der Waals surface area contributed by atoms with E-state index in [0.717, 1.165) is 0 Å². The molecule has 0 saturated heterocycles. The fourth-order valence-electron chi connectivity index (χ4n) is 1.53. The van der Waals surface area contributed by atoms with Crippen LogP contribution in [0.25, 0.3) is 0 Å². The van der Waals surface area contributed by atoms with E-state index in [4.69, 9.17) is 9.63 Å². The van der Waals surface area contributed by atoms with Crippen LogP contribution in [-0.2, 0) is 11.2 Å². The van der Waals surface area contributed by atoms with Gasteiger partial charge in [-0.2, -0.15) is 4.98 Å². The van der Waals surface area contributed by atoms with Crippen LogP contribution in [0.3, 0.4) is 0 Å². The van der Waals surface area contributed by atoms with Crippen LogP contribution in [0.2, 0.25) is 0 Å². The van der Waals surface area contributed by atoms with Crippen molar-refractivity contribution in [1.82, 2.24) is 15.0 Å². The zero-order chi connectivity index (χ0) is 12.7. The van der Waals surface area contributed by atoms with Gasteiger partial charge in [0.2, 0.25) is 11.8 Å². The van der Waals surface area contributed by atoms with E-state index < -0.39 is 0 Å². The van der Waals surface area contributed by atoms with Gasteiger partial charge in [-0.05, 0) is 20.3 Å². The van der Waals surface area contributed by atoms with E-state index in [9.17, 15) is 4.79 Å². The van der Waals surface area contributed by atoms with Gasteiger partial charge in [-0.15, -0.1) is 0 Å². The van der Waals surface area contributed by atoms with E-state index >= 15 is 0 Å². The molecule has 1 heterocycles. The van der Waals surface area contributed by atoms with E-state index in [0.29, 0.717) is 44.1 Å². The molecule has 17 heavy (non-hydrogen) atoms. The zero-order valence-corrected chi connectivity index (χ0v) is 10.3. The lowest BCUT2D eigenvalue weighted by atomic mass is 10.2. The quantitative estimate of drug-likeness (QED) is 0.753. The lowest BCUT2D eigenvalue weighted by Gasteiger charge is -2.19. The maximum Gasteiger partial charge on any atom is 0.227 e. The lowest BCUT2D eigenvalue weighted by molar-refractivity contribution is -0.131. The van der Waals surface area contributed by atoms with Crippen LogP contribution in [0, 0.1) is 6.92 Å². The second kappa shape index (κ2) is 7.01. The van der Waals surface area contributed by atoms with Crippen LogP contribution in [-0.4, -0.2) is 45.8 Å². The zero-order valence-electron chi connectivity index (χ0n) is 10.3. The summed E-state index contributed by atoms with van der Waals surface area (Å²) in [6, 6.07) is 0. The predicted octanol–water partition coefficient (Wildman–Crippen LogP) is 0.542. The molecule has 6 heteroatoms. The smallest absolute Gasteiger partial charge is 0.227 e. The molecule has 0 bridgehead atoms. The van der Waals surface area contributed by atoms with Crippen LogP contribution in [0.4, 0.5) is 0 Å². The van der Waals surface area contributed by atoms with Crippen LogP contribution in [0.1, 0.15) is 31.5 Å². The minimum absolute atomic E-state index is 0.0526. The predicted molar refractivity (Wildman–Crippen MR) is 61.3 cm³/mol. The van der Waals surface area contributed by atoms with Crippen molar-refractivity contribution in [3.05, 3.63) is 11.7 Å². The number of aliphatic hydroxyl groups is 1. The number of carbonyl (C=O) groups is 1. The van der Waals surface area contributed by atoms with Gasteiger partial charge >= 0.3 is 0 Å². The third-order valence-electron chi connectivity index (χ3n) is 2.44. The molecule has 6 nitrogen and oxygen atoms in total. The van der Waals surface area contributed by atoms with Gasteiger partial charge in [-0.25, -0.2) is 0 Å². The number of carbonyl (C=O) groups excluding carboxylic acids is 1. The van der Waals surface area contributed by atoms with Crippen LogP contribution >= 0.6 is 0 Å². The maximum atomic E-state index is 11.8. The van der Waals surface area contributed by atoms with E-state index in [1.165, 1.54) is 0 Å². The van der Waals surface area contributed by atoms with Gasteiger partial charge in [0.1, 0.15) is 0 Å². The van der Waals surface area contributed by atoms with Crippen molar-refractivity contribution < 1.29 is 14.4 Å². The first kappa shape index (κ1) is 13.6. The lowest BCUT2D eigenvalue weighted by Crippen LogP contribution is -2.32. The SMILES string of the molecule is CCN(CCCO)C(=O)CCc1nc(C)no1.